The number of hydrogen-bond acceptors (Lipinski definition) is 4. The molecular formula is C21H36ClN3O3. The van der Waals surface area contributed by atoms with Crippen molar-refractivity contribution in [1.29, 1.82) is 0 Å². The van der Waals surface area contributed by atoms with E-state index in [9.17, 15) is 9.59 Å². The minimum atomic E-state index is -0.380. The van der Waals surface area contributed by atoms with Gasteiger partial charge in [-0.25, -0.2) is 4.79 Å². The fraction of sp³-hybridized carbons (Fsp3) is 0.905. The van der Waals surface area contributed by atoms with E-state index in [1.165, 1.54) is 25.7 Å². The van der Waals surface area contributed by atoms with E-state index in [2.05, 4.69) is 6.92 Å². The number of piperidine rings is 1. The van der Waals surface area contributed by atoms with E-state index in [4.69, 9.17) is 10.5 Å². The van der Waals surface area contributed by atoms with Gasteiger partial charge in [0.05, 0.1) is 12.5 Å². The molecule has 7 heteroatoms. The molecule has 2 aliphatic carbocycles. The number of carbonyl (C=O) groups is 2. The zero-order valence-electron chi connectivity index (χ0n) is 17.1. The predicted molar refractivity (Wildman–Crippen MR) is 110 cm³/mol. The van der Waals surface area contributed by atoms with Crippen LogP contribution >= 0.6 is 12.4 Å². The van der Waals surface area contributed by atoms with Crippen molar-refractivity contribution in [1.82, 2.24) is 9.80 Å². The van der Waals surface area contributed by atoms with Crippen molar-refractivity contribution >= 4 is 24.4 Å². The van der Waals surface area contributed by atoms with Crippen LogP contribution in [0.25, 0.3) is 0 Å². The molecular weight excluding hydrogens is 378 g/mol. The fourth-order valence-corrected chi connectivity index (χ4v) is 5.90. The molecule has 0 unspecified atom stereocenters. The van der Waals surface area contributed by atoms with Gasteiger partial charge < -0.3 is 20.3 Å². The lowest BCUT2D eigenvalue weighted by molar-refractivity contribution is -0.141. The Morgan fingerprint density at radius 3 is 2.54 bits per heavy atom. The van der Waals surface area contributed by atoms with E-state index < -0.39 is 0 Å². The van der Waals surface area contributed by atoms with Crippen LogP contribution in [-0.4, -0.2) is 59.6 Å². The van der Waals surface area contributed by atoms with Gasteiger partial charge in [0, 0.05) is 38.5 Å². The fourth-order valence-electron chi connectivity index (χ4n) is 5.90. The van der Waals surface area contributed by atoms with Gasteiger partial charge >= 0.3 is 6.09 Å². The highest BCUT2D eigenvalue weighted by Gasteiger charge is 2.52. The number of amides is 2. The average Bonchev–Trinajstić information content (AvgIpc) is 3.33. The molecule has 160 valence electrons. The Morgan fingerprint density at radius 1 is 1.18 bits per heavy atom. The summed E-state index contributed by atoms with van der Waals surface area (Å²) < 4.78 is 5.81. The summed E-state index contributed by atoms with van der Waals surface area (Å²) in [5.74, 6) is 1.33. The molecule has 0 radical (unpaired) electrons. The summed E-state index contributed by atoms with van der Waals surface area (Å²) >= 11 is 0. The maximum Gasteiger partial charge on any atom is 0.410 e. The number of nitrogens with zero attached hydrogens (tertiary/aromatic N) is 2. The first-order valence-electron chi connectivity index (χ1n) is 11.1. The molecule has 6 nitrogen and oxygen atoms in total. The molecule has 0 aromatic rings. The number of ether oxygens (including phenoxy) is 1. The van der Waals surface area contributed by atoms with Crippen LogP contribution < -0.4 is 5.73 Å². The summed E-state index contributed by atoms with van der Waals surface area (Å²) in [5.41, 5.74) is 5.99. The second-order valence-electron chi connectivity index (χ2n) is 9.29. The van der Waals surface area contributed by atoms with E-state index in [-0.39, 0.29) is 42.0 Å². The lowest BCUT2D eigenvalue weighted by Crippen LogP contribution is -2.53. The van der Waals surface area contributed by atoms with Crippen LogP contribution in [0.1, 0.15) is 64.7 Å². The van der Waals surface area contributed by atoms with Crippen LogP contribution in [0.15, 0.2) is 0 Å². The molecule has 4 rings (SSSR count). The molecule has 2 heterocycles. The summed E-state index contributed by atoms with van der Waals surface area (Å²) in [4.78, 5) is 29.2. The van der Waals surface area contributed by atoms with Crippen LogP contribution in [-0.2, 0) is 9.53 Å². The second kappa shape index (κ2) is 8.78. The van der Waals surface area contributed by atoms with E-state index in [1.807, 2.05) is 9.80 Å². The summed E-state index contributed by atoms with van der Waals surface area (Å²) in [5, 5.41) is 0. The van der Waals surface area contributed by atoms with E-state index in [1.54, 1.807) is 0 Å². The number of halogens is 1. The first kappa shape index (κ1) is 21.7. The van der Waals surface area contributed by atoms with Gasteiger partial charge in [0.2, 0.25) is 5.91 Å². The highest BCUT2D eigenvalue weighted by Crippen LogP contribution is 2.48. The van der Waals surface area contributed by atoms with Gasteiger partial charge in [-0.05, 0) is 37.5 Å². The van der Waals surface area contributed by atoms with Crippen molar-refractivity contribution in [2.45, 2.75) is 76.4 Å². The molecule has 2 aliphatic heterocycles. The van der Waals surface area contributed by atoms with Crippen molar-refractivity contribution in [3.8, 4) is 0 Å². The summed E-state index contributed by atoms with van der Waals surface area (Å²) in [7, 11) is 0. The molecule has 0 aromatic heterocycles. The number of unbranched alkanes of at least 4 members (excludes halogenated alkanes) is 3. The largest absolute Gasteiger partial charge is 0.441 e. The molecule has 4 fully saturated rings. The third-order valence-corrected chi connectivity index (χ3v) is 7.57. The highest BCUT2D eigenvalue weighted by atomic mass is 35.5. The van der Waals surface area contributed by atoms with E-state index in [0.29, 0.717) is 31.5 Å². The quantitative estimate of drug-likeness (QED) is 0.678. The standard InChI is InChI=1S/C21H35N3O3.ClH/c1-2-3-4-5-10-24-14-21(27-20(24)26)8-11-23(12-9-21)19(25)17-15-6-7-16(13-15)18(17)22;/h15-18H,2-14,22H2,1H3;1H/t15-,16+,17-,18+;/m1./s1. The van der Waals surface area contributed by atoms with Gasteiger partial charge in [-0.2, -0.15) is 0 Å². The number of likely N-dealkylation sites (tertiary alicyclic amines) is 1. The number of carbonyl (C=O) groups excluding carboxylic acids is 2. The Morgan fingerprint density at radius 2 is 1.89 bits per heavy atom. The molecule has 0 aromatic carbocycles. The summed E-state index contributed by atoms with van der Waals surface area (Å²) in [6, 6.07) is 0.0510. The maximum atomic E-state index is 13.1. The van der Waals surface area contributed by atoms with Gasteiger partial charge in [0.15, 0.2) is 0 Å². The Labute approximate surface area is 174 Å². The van der Waals surface area contributed by atoms with Gasteiger partial charge in [-0.3, -0.25) is 4.79 Å². The maximum absolute atomic E-state index is 13.1. The van der Waals surface area contributed by atoms with Crippen LogP contribution in [0, 0.1) is 17.8 Å². The number of rotatable bonds is 6. The van der Waals surface area contributed by atoms with Crippen molar-refractivity contribution in [2.24, 2.45) is 23.5 Å². The number of nitrogens with two attached hydrogens (primary N) is 1. The van der Waals surface area contributed by atoms with Crippen molar-refractivity contribution in [2.75, 3.05) is 26.2 Å². The minimum Gasteiger partial charge on any atom is -0.441 e. The summed E-state index contributed by atoms with van der Waals surface area (Å²) in [6.07, 6.45) is 9.48. The predicted octanol–water partition coefficient (Wildman–Crippen LogP) is 3.18. The molecule has 2 N–H and O–H groups in total. The SMILES string of the molecule is CCCCCCN1CC2(CCN(C(=O)[C@@H]3[C@@H]4CC[C@@H](C4)[C@@H]3N)CC2)OC1=O.Cl. The van der Waals surface area contributed by atoms with E-state index in [0.717, 1.165) is 38.6 Å². The molecule has 2 saturated heterocycles. The van der Waals surface area contributed by atoms with Crippen molar-refractivity contribution in [3.63, 3.8) is 0 Å². The van der Waals surface area contributed by atoms with Gasteiger partial charge in [0.1, 0.15) is 5.60 Å². The first-order chi connectivity index (χ1) is 13.0. The lowest BCUT2D eigenvalue weighted by Gasteiger charge is -2.40. The van der Waals surface area contributed by atoms with Crippen LogP contribution in [0.2, 0.25) is 0 Å². The third-order valence-electron chi connectivity index (χ3n) is 7.57. The topological polar surface area (TPSA) is 75.9 Å². The second-order valence-corrected chi connectivity index (χ2v) is 9.29. The molecule has 2 bridgehead atoms. The smallest absolute Gasteiger partial charge is 0.410 e. The molecule has 2 amide bonds. The number of fused-ring (bicyclic) bond motifs is 2. The Balaban J connectivity index is 0.00000225. The van der Waals surface area contributed by atoms with Crippen molar-refractivity contribution < 1.29 is 14.3 Å². The Bertz CT molecular complexity index is 577. The van der Waals surface area contributed by atoms with Crippen molar-refractivity contribution in [3.05, 3.63) is 0 Å². The minimum absolute atomic E-state index is 0. The van der Waals surface area contributed by atoms with Gasteiger partial charge in [0.25, 0.3) is 0 Å². The average molecular weight is 414 g/mol. The normalized spacial score (nSPS) is 33.3. The van der Waals surface area contributed by atoms with Gasteiger partial charge in [-0.1, -0.05) is 26.2 Å². The zero-order valence-corrected chi connectivity index (χ0v) is 17.9. The molecule has 4 aliphatic rings. The van der Waals surface area contributed by atoms with Crippen LogP contribution in [0.4, 0.5) is 4.79 Å². The molecule has 4 atom stereocenters. The summed E-state index contributed by atoms with van der Waals surface area (Å²) in [6.45, 7) is 5.06. The molecule has 1 spiro atoms. The number of hydrogen-bond donors (Lipinski definition) is 1. The molecule has 2 saturated carbocycles. The van der Waals surface area contributed by atoms with Crippen LogP contribution in [0.3, 0.4) is 0 Å². The van der Waals surface area contributed by atoms with Crippen LogP contribution in [0.5, 0.6) is 0 Å². The molecule has 28 heavy (non-hydrogen) atoms. The lowest BCUT2D eigenvalue weighted by atomic mass is 9.83. The zero-order chi connectivity index (χ0) is 19.0. The van der Waals surface area contributed by atoms with E-state index >= 15 is 0 Å². The van der Waals surface area contributed by atoms with Gasteiger partial charge in [-0.15, -0.1) is 12.4 Å². The third kappa shape index (κ3) is 4.00. The monoisotopic (exact) mass is 413 g/mol. The first-order valence-corrected chi connectivity index (χ1v) is 11.1. The Kier molecular flexibility index (Phi) is 6.80. The highest BCUT2D eigenvalue weighted by molar-refractivity contribution is 5.85. The Hall–Kier alpha value is -1.01.